The van der Waals surface area contributed by atoms with Gasteiger partial charge in [-0.1, -0.05) is 36.4 Å². The van der Waals surface area contributed by atoms with E-state index >= 15 is 0 Å². The highest BCUT2D eigenvalue weighted by molar-refractivity contribution is 6.07. The van der Waals surface area contributed by atoms with Crippen LogP contribution in [0.5, 0.6) is 0 Å². The van der Waals surface area contributed by atoms with Crippen molar-refractivity contribution in [2.24, 2.45) is 10.8 Å². The minimum absolute atomic E-state index is 0.0797. The summed E-state index contributed by atoms with van der Waals surface area (Å²) in [7, 11) is 0. The van der Waals surface area contributed by atoms with Crippen molar-refractivity contribution in [2.45, 2.75) is 33.8 Å². The normalized spacial score (nSPS) is 24.7. The van der Waals surface area contributed by atoms with Crippen molar-refractivity contribution in [1.29, 1.82) is 0 Å². The molecule has 0 N–H and O–H groups in total. The van der Waals surface area contributed by atoms with Crippen LogP contribution in [0.25, 0.3) is 6.08 Å². The number of ether oxygens (including phenoxy) is 1. The first-order valence-corrected chi connectivity index (χ1v) is 6.75. The summed E-state index contributed by atoms with van der Waals surface area (Å²) in [5.41, 5.74) is -0.778. The van der Waals surface area contributed by atoms with Crippen molar-refractivity contribution in [3.63, 3.8) is 0 Å². The molecule has 1 aliphatic heterocycles. The van der Waals surface area contributed by atoms with E-state index in [-0.39, 0.29) is 5.78 Å². The predicted octanol–water partition coefficient (Wildman–Crippen LogP) is 3.25. The maximum absolute atomic E-state index is 12.5. The van der Waals surface area contributed by atoms with Crippen LogP contribution in [0.15, 0.2) is 36.4 Å². The van der Waals surface area contributed by atoms with Gasteiger partial charge >= 0.3 is 5.97 Å². The van der Waals surface area contributed by atoms with Crippen LogP contribution in [0.2, 0.25) is 0 Å². The molecule has 0 spiro atoms. The Bertz CT molecular complexity index is 553. The predicted molar refractivity (Wildman–Crippen MR) is 77.9 cm³/mol. The second kappa shape index (κ2) is 4.89. The number of Topliss-reactive ketones (excluding diaryl/α,β-unsaturated/α-hetero) is 1. The summed E-state index contributed by atoms with van der Waals surface area (Å²) in [4.78, 5) is 24.4. The van der Waals surface area contributed by atoms with Gasteiger partial charge < -0.3 is 4.74 Å². The third-order valence-electron chi connectivity index (χ3n) is 3.87. The number of hydrogen-bond acceptors (Lipinski definition) is 3. The van der Waals surface area contributed by atoms with Crippen LogP contribution < -0.4 is 0 Å². The monoisotopic (exact) mass is 272 g/mol. The van der Waals surface area contributed by atoms with E-state index in [1.165, 1.54) is 0 Å². The number of hydrogen-bond donors (Lipinski definition) is 0. The minimum atomic E-state index is -1.07. The van der Waals surface area contributed by atoms with Crippen LogP contribution in [0.4, 0.5) is 0 Å². The molecule has 0 unspecified atom stereocenters. The van der Waals surface area contributed by atoms with Gasteiger partial charge in [0.25, 0.3) is 0 Å². The molecule has 1 aromatic carbocycles. The zero-order chi connectivity index (χ0) is 15.0. The average molecular weight is 272 g/mol. The van der Waals surface area contributed by atoms with Crippen molar-refractivity contribution in [2.75, 3.05) is 0 Å². The number of esters is 1. The average Bonchev–Trinajstić information content (AvgIpc) is 2.41. The van der Waals surface area contributed by atoms with Crippen LogP contribution in [-0.4, -0.2) is 17.9 Å². The summed E-state index contributed by atoms with van der Waals surface area (Å²) in [6.45, 7) is 6.89. The van der Waals surface area contributed by atoms with E-state index in [0.717, 1.165) is 5.56 Å². The zero-order valence-electron chi connectivity index (χ0n) is 12.3. The Labute approximate surface area is 119 Å². The summed E-state index contributed by atoms with van der Waals surface area (Å²) in [5.74, 6) is -0.534. The third kappa shape index (κ3) is 2.40. The second-order valence-electron chi connectivity index (χ2n) is 6.27. The minimum Gasteiger partial charge on any atom is -0.456 e. The van der Waals surface area contributed by atoms with Gasteiger partial charge in [0.1, 0.15) is 11.5 Å². The van der Waals surface area contributed by atoms with Crippen molar-refractivity contribution in [1.82, 2.24) is 0 Å². The van der Waals surface area contributed by atoms with E-state index in [4.69, 9.17) is 4.74 Å². The summed E-state index contributed by atoms with van der Waals surface area (Å²) in [5, 5.41) is 0. The summed E-state index contributed by atoms with van der Waals surface area (Å²) >= 11 is 0. The van der Waals surface area contributed by atoms with Crippen molar-refractivity contribution in [3.05, 3.63) is 42.0 Å². The second-order valence-corrected chi connectivity index (χ2v) is 6.27. The largest absolute Gasteiger partial charge is 0.456 e. The van der Waals surface area contributed by atoms with Crippen molar-refractivity contribution in [3.8, 4) is 0 Å². The molecule has 1 heterocycles. The molecule has 0 amide bonds. The fourth-order valence-corrected chi connectivity index (χ4v) is 2.48. The Hall–Kier alpha value is -1.90. The fraction of sp³-hybridized carbons (Fsp3) is 0.412. The number of benzene rings is 1. The highest BCUT2D eigenvalue weighted by Gasteiger charge is 2.54. The number of rotatable bonds is 2. The van der Waals surface area contributed by atoms with Gasteiger partial charge in [-0.15, -0.1) is 0 Å². The van der Waals surface area contributed by atoms with Gasteiger partial charge in [0.05, 0.1) is 5.41 Å². The molecule has 20 heavy (non-hydrogen) atoms. The first-order valence-electron chi connectivity index (χ1n) is 6.75. The first-order chi connectivity index (χ1) is 9.26. The van der Waals surface area contributed by atoms with E-state index in [0.29, 0.717) is 0 Å². The molecule has 1 atom stereocenters. The van der Waals surface area contributed by atoms with Gasteiger partial charge in [-0.25, -0.2) is 0 Å². The lowest BCUT2D eigenvalue weighted by Gasteiger charge is -2.41. The Morgan fingerprint density at radius 1 is 1.05 bits per heavy atom. The Morgan fingerprint density at radius 3 is 2.25 bits per heavy atom. The van der Waals surface area contributed by atoms with Crippen LogP contribution in [0.3, 0.4) is 0 Å². The standard InChI is InChI=1S/C17H20O3/c1-16(2)13(11-10-12-8-6-5-7-9-12)20-15(19)17(3,4)14(16)18/h5-11,13H,1-4H3/b11-10+/t13-/m0/s1. The van der Waals surface area contributed by atoms with Gasteiger partial charge in [-0.3, -0.25) is 9.59 Å². The Balaban J connectivity index is 2.27. The number of carbonyl (C=O) groups is 2. The van der Waals surface area contributed by atoms with Gasteiger partial charge in [0.15, 0.2) is 5.78 Å². The third-order valence-corrected chi connectivity index (χ3v) is 3.87. The van der Waals surface area contributed by atoms with Crippen molar-refractivity contribution < 1.29 is 14.3 Å². The molecule has 1 aliphatic rings. The van der Waals surface area contributed by atoms with E-state index in [9.17, 15) is 9.59 Å². The Kier molecular flexibility index (Phi) is 3.55. The molecular formula is C17H20O3. The highest BCUT2D eigenvalue weighted by atomic mass is 16.5. The summed E-state index contributed by atoms with van der Waals surface area (Å²) < 4.78 is 5.46. The summed E-state index contributed by atoms with van der Waals surface area (Å²) in [6, 6.07) is 9.73. The molecule has 0 radical (unpaired) electrons. The molecule has 1 fully saturated rings. The summed E-state index contributed by atoms with van der Waals surface area (Å²) in [6.07, 6.45) is 3.14. The molecule has 0 saturated carbocycles. The lowest BCUT2D eigenvalue weighted by molar-refractivity contribution is -0.181. The molecular weight excluding hydrogens is 252 g/mol. The highest BCUT2D eigenvalue weighted by Crippen LogP contribution is 2.40. The van der Waals surface area contributed by atoms with Crippen LogP contribution in [0.1, 0.15) is 33.3 Å². The van der Waals surface area contributed by atoms with E-state index in [1.807, 2.05) is 50.3 Å². The maximum atomic E-state index is 12.5. The molecule has 3 nitrogen and oxygen atoms in total. The first kappa shape index (κ1) is 14.5. The van der Waals surface area contributed by atoms with Crippen LogP contribution >= 0.6 is 0 Å². The van der Waals surface area contributed by atoms with E-state index in [1.54, 1.807) is 19.9 Å². The smallest absolute Gasteiger partial charge is 0.319 e. The molecule has 0 aromatic heterocycles. The van der Waals surface area contributed by atoms with Gasteiger partial charge in [0.2, 0.25) is 0 Å². The van der Waals surface area contributed by atoms with E-state index < -0.39 is 22.9 Å². The quantitative estimate of drug-likeness (QED) is 0.613. The van der Waals surface area contributed by atoms with Gasteiger partial charge in [-0.05, 0) is 39.3 Å². The number of ketones is 1. The molecule has 1 saturated heterocycles. The topological polar surface area (TPSA) is 43.4 Å². The van der Waals surface area contributed by atoms with Gasteiger partial charge in [0, 0.05) is 0 Å². The van der Waals surface area contributed by atoms with Crippen LogP contribution in [0, 0.1) is 10.8 Å². The van der Waals surface area contributed by atoms with Crippen LogP contribution in [-0.2, 0) is 14.3 Å². The number of carbonyl (C=O) groups excluding carboxylic acids is 2. The zero-order valence-corrected chi connectivity index (χ0v) is 12.3. The molecule has 1 aromatic rings. The molecule has 0 bridgehead atoms. The van der Waals surface area contributed by atoms with Gasteiger partial charge in [-0.2, -0.15) is 0 Å². The maximum Gasteiger partial charge on any atom is 0.319 e. The SMILES string of the molecule is CC1(C)C(=O)O[C@@H](/C=C/c2ccccc2)C(C)(C)C1=O. The Morgan fingerprint density at radius 2 is 1.65 bits per heavy atom. The van der Waals surface area contributed by atoms with E-state index in [2.05, 4.69) is 0 Å². The lowest BCUT2D eigenvalue weighted by Crippen LogP contribution is -2.55. The number of cyclic esters (lactones) is 1. The molecule has 0 aliphatic carbocycles. The molecule has 3 heteroatoms. The molecule has 2 rings (SSSR count). The fourth-order valence-electron chi connectivity index (χ4n) is 2.48. The molecule has 106 valence electrons. The lowest BCUT2D eigenvalue weighted by atomic mass is 9.68. The van der Waals surface area contributed by atoms with Crippen molar-refractivity contribution >= 4 is 17.8 Å².